The van der Waals surface area contributed by atoms with Gasteiger partial charge in [-0.25, -0.2) is 0 Å². The summed E-state index contributed by atoms with van der Waals surface area (Å²) in [5, 5.41) is 4.87. The standard InChI is InChI=1S/C22H19NO4S/c1-15(24)16-6-9-19(10-7-16)23-21(25)13-27-22(26)14-28-20-11-8-17-4-2-3-5-18(17)12-20/h2-12H,13-14H2,1H3,(H,23,25). The van der Waals surface area contributed by atoms with Crippen LogP contribution in [0.5, 0.6) is 0 Å². The molecule has 3 rings (SSSR count). The molecule has 5 nitrogen and oxygen atoms in total. The molecule has 0 heterocycles. The Balaban J connectivity index is 1.44. The van der Waals surface area contributed by atoms with Gasteiger partial charge in [0.1, 0.15) is 0 Å². The van der Waals surface area contributed by atoms with Gasteiger partial charge in [0.15, 0.2) is 12.4 Å². The molecule has 0 spiro atoms. The summed E-state index contributed by atoms with van der Waals surface area (Å²) in [5.74, 6) is -0.811. The van der Waals surface area contributed by atoms with E-state index >= 15 is 0 Å². The van der Waals surface area contributed by atoms with Gasteiger partial charge in [-0.15, -0.1) is 11.8 Å². The quantitative estimate of drug-likeness (QED) is 0.368. The van der Waals surface area contributed by atoms with Crippen molar-refractivity contribution in [3.63, 3.8) is 0 Å². The largest absolute Gasteiger partial charge is 0.455 e. The van der Waals surface area contributed by atoms with Crippen molar-refractivity contribution in [1.29, 1.82) is 0 Å². The molecule has 3 aromatic rings. The van der Waals surface area contributed by atoms with Gasteiger partial charge in [0.05, 0.1) is 5.75 Å². The molecular weight excluding hydrogens is 374 g/mol. The molecule has 1 amide bonds. The zero-order valence-electron chi connectivity index (χ0n) is 15.3. The lowest BCUT2D eigenvalue weighted by molar-refractivity contribution is -0.144. The number of nitrogens with one attached hydrogen (secondary N) is 1. The van der Waals surface area contributed by atoms with Gasteiger partial charge in [-0.3, -0.25) is 14.4 Å². The second-order valence-electron chi connectivity index (χ2n) is 6.14. The SMILES string of the molecule is CC(=O)c1ccc(NC(=O)COC(=O)CSc2ccc3ccccc3c2)cc1. The number of amides is 1. The third-order valence-corrected chi connectivity index (χ3v) is 4.98. The molecule has 6 heteroatoms. The molecule has 142 valence electrons. The van der Waals surface area contributed by atoms with Crippen molar-refractivity contribution in [2.24, 2.45) is 0 Å². The number of fused-ring (bicyclic) bond motifs is 1. The van der Waals surface area contributed by atoms with E-state index in [-0.39, 0.29) is 18.1 Å². The van der Waals surface area contributed by atoms with Crippen LogP contribution in [-0.4, -0.2) is 30.0 Å². The minimum absolute atomic E-state index is 0.0456. The van der Waals surface area contributed by atoms with E-state index in [0.717, 1.165) is 15.7 Å². The lowest BCUT2D eigenvalue weighted by Gasteiger charge is -2.07. The summed E-state index contributed by atoms with van der Waals surface area (Å²) in [4.78, 5) is 36.0. The first-order valence-corrected chi connectivity index (χ1v) is 9.68. The molecule has 0 aliphatic heterocycles. The molecule has 0 unspecified atom stereocenters. The van der Waals surface area contributed by atoms with Crippen LogP contribution in [0.1, 0.15) is 17.3 Å². The van der Waals surface area contributed by atoms with Crippen molar-refractivity contribution < 1.29 is 19.1 Å². The lowest BCUT2D eigenvalue weighted by Crippen LogP contribution is -2.21. The highest BCUT2D eigenvalue weighted by atomic mass is 32.2. The molecule has 28 heavy (non-hydrogen) atoms. The van der Waals surface area contributed by atoms with Crippen LogP contribution in [0.3, 0.4) is 0 Å². The number of anilines is 1. The van der Waals surface area contributed by atoms with E-state index in [1.807, 2.05) is 42.5 Å². The maximum atomic E-state index is 11.9. The van der Waals surface area contributed by atoms with E-state index in [2.05, 4.69) is 5.32 Å². The Morgan fingerprint density at radius 3 is 2.36 bits per heavy atom. The summed E-state index contributed by atoms with van der Waals surface area (Å²) >= 11 is 1.37. The Morgan fingerprint density at radius 1 is 0.929 bits per heavy atom. The molecular formula is C22H19NO4S. The number of rotatable bonds is 7. The predicted molar refractivity (Wildman–Crippen MR) is 111 cm³/mol. The van der Waals surface area contributed by atoms with Crippen molar-refractivity contribution in [3.05, 3.63) is 72.3 Å². The molecule has 0 aliphatic rings. The van der Waals surface area contributed by atoms with Crippen LogP contribution < -0.4 is 5.32 Å². The topological polar surface area (TPSA) is 72.5 Å². The van der Waals surface area contributed by atoms with Gasteiger partial charge < -0.3 is 10.1 Å². The number of carbonyl (C=O) groups excluding carboxylic acids is 3. The number of hydrogen-bond donors (Lipinski definition) is 1. The molecule has 0 fully saturated rings. The van der Waals surface area contributed by atoms with Gasteiger partial charge in [-0.05, 0) is 54.1 Å². The van der Waals surface area contributed by atoms with Crippen LogP contribution in [0.4, 0.5) is 5.69 Å². The fourth-order valence-electron chi connectivity index (χ4n) is 2.57. The van der Waals surface area contributed by atoms with E-state index in [9.17, 15) is 14.4 Å². The zero-order valence-corrected chi connectivity index (χ0v) is 16.1. The number of hydrogen-bond acceptors (Lipinski definition) is 5. The summed E-state index contributed by atoms with van der Waals surface area (Å²) in [7, 11) is 0. The second-order valence-corrected chi connectivity index (χ2v) is 7.19. The third kappa shape index (κ3) is 5.44. The van der Waals surface area contributed by atoms with Crippen LogP contribution in [0, 0.1) is 0 Å². The number of carbonyl (C=O) groups is 3. The van der Waals surface area contributed by atoms with Crippen LogP contribution in [0.25, 0.3) is 10.8 Å². The Labute approximate surface area is 167 Å². The van der Waals surface area contributed by atoms with Gasteiger partial charge in [0, 0.05) is 16.1 Å². The van der Waals surface area contributed by atoms with Crippen LogP contribution >= 0.6 is 11.8 Å². The molecule has 0 atom stereocenters. The first-order chi connectivity index (χ1) is 13.5. The van der Waals surface area contributed by atoms with E-state index in [0.29, 0.717) is 11.3 Å². The maximum absolute atomic E-state index is 11.9. The minimum atomic E-state index is -0.458. The average molecular weight is 393 g/mol. The highest BCUT2D eigenvalue weighted by Gasteiger charge is 2.09. The number of ketones is 1. The number of benzene rings is 3. The number of Topliss-reactive ketones (excluding diaryl/α,β-unsaturated/α-hetero) is 1. The Morgan fingerprint density at radius 2 is 1.64 bits per heavy atom. The van der Waals surface area contributed by atoms with E-state index in [1.165, 1.54) is 18.7 Å². The van der Waals surface area contributed by atoms with Crippen molar-refractivity contribution in [2.75, 3.05) is 17.7 Å². The number of esters is 1. The fraction of sp³-hybridized carbons (Fsp3) is 0.136. The van der Waals surface area contributed by atoms with E-state index in [1.54, 1.807) is 24.3 Å². The number of ether oxygens (including phenoxy) is 1. The molecule has 3 aromatic carbocycles. The second kappa shape index (κ2) is 9.19. The van der Waals surface area contributed by atoms with Crippen molar-refractivity contribution in [1.82, 2.24) is 0 Å². The fourth-order valence-corrected chi connectivity index (χ4v) is 3.31. The first kappa shape index (κ1) is 19.6. The number of thioether (sulfide) groups is 1. The van der Waals surface area contributed by atoms with E-state index < -0.39 is 11.9 Å². The summed E-state index contributed by atoms with van der Waals surface area (Å²) in [5.41, 5.74) is 1.10. The Hall–Kier alpha value is -3.12. The van der Waals surface area contributed by atoms with Gasteiger partial charge in [0.25, 0.3) is 5.91 Å². The molecule has 0 aliphatic carbocycles. The van der Waals surface area contributed by atoms with Crippen molar-refractivity contribution >= 4 is 45.9 Å². The molecule has 0 saturated carbocycles. The summed E-state index contributed by atoms with van der Waals surface area (Å²) in [6.45, 7) is 1.12. The highest BCUT2D eigenvalue weighted by Crippen LogP contribution is 2.23. The average Bonchev–Trinajstić information content (AvgIpc) is 2.71. The van der Waals surface area contributed by atoms with Gasteiger partial charge >= 0.3 is 5.97 Å². The Bertz CT molecular complexity index is 1010. The highest BCUT2D eigenvalue weighted by molar-refractivity contribution is 8.00. The van der Waals surface area contributed by atoms with Crippen molar-refractivity contribution in [3.8, 4) is 0 Å². The zero-order chi connectivity index (χ0) is 19.9. The third-order valence-electron chi connectivity index (χ3n) is 4.02. The van der Waals surface area contributed by atoms with Crippen LogP contribution in [0.2, 0.25) is 0 Å². The van der Waals surface area contributed by atoms with Crippen LogP contribution in [-0.2, 0) is 14.3 Å². The summed E-state index contributed by atoms with van der Waals surface area (Å²) in [6.07, 6.45) is 0. The van der Waals surface area contributed by atoms with Crippen molar-refractivity contribution in [2.45, 2.75) is 11.8 Å². The summed E-state index contributed by atoms with van der Waals surface area (Å²) < 4.78 is 5.02. The molecule has 0 aromatic heterocycles. The van der Waals surface area contributed by atoms with Gasteiger partial charge in [0.2, 0.25) is 0 Å². The lowest BCUT2D eigenvalue weighted by atomic mass is 10.1. The molecule has 1 N–H and O–H groups in total. The molecule has 0 saturated heterocycles. The van der Waals surface area contributed by atoms with E-state index in [4.69, 9.17) is 4.74 Å². The minimum Gasteiger partial charge on any atom is -0.455 e. The Kier molecular flexibility index (Phi) is 6.45. The van der Waals surface area contributed by atoms with Gasteiger partial charge in [-0.1, -0.05) is 30.3 Å². The molecule has 0 radical (unpaired) electrons. The van der Waals surface area contributed by atoms with Gasteiger partial charge in [-0.2, -0.15) is 0 Å². The predicted octanol–water partition coefficient (Wildman–Crippen LogP) is 4.32. The smallest absolute Gasteiger partial charge is 0.316 e. The van der Waals surface area contributed by atoms with Crippen LogP contribution in [0.15, 0.2) is 71.6 Å². The summed E-state index contributed by atoms with van der Waals surface area (Å²) in [6, 6.07) is 20.5. The maximum Gasteiger partial charge on any atom is 0.316 e. The molecule has 0 bridgehead atoms. The first-order valence-electron chi connectivity index (χ1n) is 8.69. The normalized spacial score (nSPS) is 10.5. The monoisotopic (exact) mass is 393 g/mol.